The molecule has 0 atom stereocenters. The average molecular weight is 245 g/mol. The van der Waals surface area contributed by atoms with Crippen LogP contribution < -0.4 is 0 Å². The van der Waals surface area contributed by atoms with E-state index in [0.717, 1.165) is 6.07 Å². The second-order valence-electron chi connectivity index (χ2n) is 4.10. The minimum absolute atomic E-state index is 0.0439. The largest absolute Gasteiger partial charge is 0.506 e. The molecule has 1 saturated carbocycles. The summed E-state index contributed by atoms with van der Waals surface area (Å²) in [4.78, 5) is 10.7. The monoisotopic (exact) mass is 244 g/mol. The summed E-state index contributed by atoms with van der Waals surface area (Å²) in [7, 11) is 0. The Morgan fingerprint density at radius 2 is 2.12 bits per heavy atom. The van der Waals surface area contributed by atoms with Gasteiger partial charge in [0.05, 0.1) is 11.4 Å². The molecule has 0 spiro atoms. The average Bonchev–Trinajstić information content (AvgIpc) is 2.92. The smallest absolute Gasteiger partial charge is 0.304 e. The molecular formula is C11H10ClFO3. The van der Waals surface area contributed by atoms with Gasteiger partial charge in [0.25, 0.3) is 0 Å². The number of carboxylic acids is 1. The molecule has 0 aromatic heterocycles. The van der Waals surface area contributed by atoms with Crippen molar-refractivity contribution in [3.63, 3.8) is 0 Å². The fraction of sp³-hybridized carbons (Fsp3) is 0.364. The molecule has 0 saturated heterocycles. The third kappa shape index (κ3) is 1.73. The highest BCUT2D eigenvalue weighted by Crippen LogP contribution is 2.55. The molecule has 0 unspecified atom stereocenters. The van der Waals surface area contributed by atoms with E-state index in [-0.39, 0.29) is 22.8 Å². The molecule has 1 aliphatic rings. The van der Waals surface area contributed by atoms with Crippen LogP contribution in [0.1, 0.15) is 24.8 Å². The van der Waals surface area contributed by atoms with Gasteiger partial charge in [-0.05, 0) is 25.0 Å². The summed E-state index contributed by atoms with van der Waals surface area (Å²) in [5.74, 6) is -1.93. The molecule has 1 aromatic carbocycles. The van der Waals surface area contributed by atoms with E-state index in [1.165, 1.54) is 6.07 Å². The number of hydrogen-bond donors (Lipinski definition) is 2. The predicted molar refractivity (Wildman–Crippen MR) is 56.2 cm³/mol. The molecule has 1 fully saturated rings. The summed E-state index contributed by atoms with van der Waals surface area (Å²) in [6.45, 7) is 0. The Bertz CT molecular complexity index is 455. The van der Waals surface area contributed by atoms with Crippen molar-refractivity contribution in [1.82, 2.24) is 0 Å². The summed E-state index contributed by atoms with van der Waals surface area (Å²) in [6, 6.07) is 2.41. The van der Waals surface area contributed by atoms with Gasteiger partial charge in [-0.25, -0.2) is 4.39 Å². The topological polar surface area (TPSA) is 57.5 Å². The van der Waals surface area contributed by atoms with Crippen molar-refractivity contribution in [1.29, 1.82) is 0 Å². The number of benzene rings is 1. The van der Waals surface area contributed by atoms with E-state index in [4.69, 9.17) is 16.7 Å². The lowest BCUT2D eigenvalue weighted by molar-refractivity contribution is -0.137. The molecule has 1 aliphatic carbocycles. The van der Waals surface area contributed by atoms with E-state index in [0.29, 0.717) is 12.8 Å². The number of phenolic OH excluding ortho intramolecular Hbond substituents is 1. The van der Waals surface area contributed by atoms with Crippen LogP contribution in [-0.4, -0.2) is 16.2 Å². The first-order valence-corrected chi connectivity index (χ1v) is 5.23. The quantitative estimate of drug-likeness (QED) is 0.860. The van der Waals surface area contributed by atoms with Gasteiger partial charge in [-0.15, -0.1) is 0 Å². The van der Waals surface area contributed by atoms with Gasteiger partial charge in [0, 0.05) is 11.0 Å². The number of carbonyl (C=O) groups is 1. The lowest BCUT2D eigenvalue weighted by Gasteiger charge is -2.16. The van der Waals surface area contributed by atoms with Crippen LogP contribution in [0.25, 0.3) is 0 Å². The van der Waals surface area contributed by atoms with Gasteiger partial charge < -0.3 is 10.2 Å². The number of halogens is 2. The third-order valence-electron chi connectivity index (χ3n) is 2.95. The van der Waals surface area contributed by atoms with Gasteiger partial charge in [-0.2, -0.15) is 0 Å². The Balaban J connectivity index is 2.48. The molecule has 0 bridgehead atoms. The van der Waals surface area contributed by atoms with E-state index in [1.807, 2.05) is 0 Å². The molecule has 0 aliphatic heterocycles. The zero-order chi connectivity index (χ0) is 11.9. The van der Waals surface area contributed by atoms with Crippen LogP contribution in [0.4, 0.5) is 4.39 Å². The van der Waals surface area contributed by atoms with Crippen molar-refractivity contribution < 1.29 is 19.4 Å². The second-order valence-corrected chi connectivity index (χ2v) is 4.51. The maximum atomic E-state index is 13.6. The maximum absolute atomic E-state index is 13.6. The van der Waals surface area contributed by atoms with Crippen molar-refractivity contribution in [2.75, 3.05) is 0 Å². The molecule has 0 heterocycles. The van der Waals surface area contributed by atoms with E-state index >= 15 is 0 Å². The molecule has 86 valence electrons. The van der Waals surface area contributed by atoms with Crippen molar-refractivity contribution >= 4 is 17.6 Å². The molecule has 0 amide bonds. The van der Waals surface area contributed by atoms with E-state index in [1.54, 1.807) is 0 Å². The maximum Gasteiger partial charge on any atom is 0.304 e. The lowest BCUT2D eigenvalue weighted by Crippen LogP contribution is -2.15. The van der Waals surface area contributed by atoms with Crippen LogP contribution in [0.5, 0.6) is 5.75 Å². The van der Waals surface area contributed by atoms with Crippen LogP contribution in [0.15, 0.2) is 12.1 Å². The van der Waals surface area contributed by atoms with Gasteiger partial charge in [0.1, 0.15) is 11.6 Å². The number of aromatic hydroxyl groups is 1. The van der Waals surface area contributed by atoms with Gasteiger partial charge in [-0.3, -0.25) is 4.79 Å². The van der Waals surface area contributed by atoms with Crippen LogP contribution >= 0.6 is 11.6 Å². The lowest BCUT2D eigenvalue weighted by atomic mass is 9.91. The molecule has 2 N–H and O–H groups in total. The predicted octanol–water partition coefficient (Wildman–Crippen LogP) is 2.69. The number of carboxylic acid groups (broad SMARTS) is 1. The standard InChI is InChI=1S/C11H10ClFO3/c12-6-1-2-7(13)9(10(6)16)11(3-4-11)5-8(14)15/h1-2,16H,3-5H2,(H,14,15). The highest BCUT2D eigenvalue weighted by molar-refractivity contribution is 6.32. The van der Waals surface area contributed by atoms with Crippen molar-refractivity contribution in [3.05, 3.63) is 28.5 Å². The summed E-state index contributed by atoms with van der Waals surface area (Å²) in [5.41, 5.74) is -0.729. The van der Waals surface area contributed by atoms with E-state index < -0.39 is 17.2 Å². The van der Waals surface area contributed by atoms with Crippen LogP contribution in [0.3, 0.4) is 0 Å². The normalized spacial score (nSPS) is 17.1. The number of hydrogen-bond acceptors (Lipinski definition) is 2. The first kappa shape index (κ1) is 11.2. The first-order valence-electron chi connectivity index (χ1n) is 4.85. The minimum atomic E-state index is -1.00. The number of phenols is 1. The Labute approximate surface area is 96.5 Å². The van der Waals surface area contributed by atoms with Gasteiger partial charge in [0.15, 0.2) is 0 Å². The fourth-order valence-electron chi connectivity index (χ4n) is 2.00. The van der Waals surface area contributed by atoms with E-state index in [9.17, 15) is 14.3 Å². The zero-order valence-electron chi connectivity index (χ0n) is 8.33. The molecule has 1 aromatic rings. The molecule has 3 nitrogen and oxygen atoms in total. The Morgan fingerprint density at radius 1 is 1.50 bits per heavy atom. The molecule has 5 heteroatoms. The minimum Gasteiger partial charge on any atom is -0.506 e. The number of rotatable bonds is 3. The summed E-state index contributed by atoms with van der Waals surface area (Å²) >= 11 is 5.69. The molecule has 2 rings (SSSR count). The second kappa shape index (κ2) is 3.63. The summed E-state index contributed by atoms with van der Waals surface area (Å²) in [5, 5.41) is 18.5. The number of aliphatic carboxylic acids is 1. The van der Waals surface area contributed by atoms with Crippen LogP contribution in [0, 0.1) is 5.82 Å². The highest BCUT2D eigenvalue weighted by atomic mass is 35.5. The van der Waals surface area contributed by atoms with Gasteiger partial charge in [-0.1, -0.05) is 11.6 Å². The SMILES string of the molecule is O=C(O)CC1(c2c(F)ccc(Cl)c2O)CC1. The van der Waals surface area contributed by atoms with Gasteiger partial charge >= 0.3 is 5.97 Å². The molecular weight excluding hydrogens is 235 g/mol. The molecule has 16 heavy (non-hydrogen) atoms. The van der Waals surface area contributed by atoms with Crippen molar-refractivity contribution in [3.8, 4) is 5.75 Å². The Kier molecular flexibility index (Phi) is 2.54. The Morgan fingerprint density at radius 3 is 2.62 bits per heavy atom. The van der Waals surface area contributed by atoms with Gasteiger partial charge in [0.2, 0.25) is 0 Å². The molecule has 0 radical (unpaired) electrons. The fourth-order valence-corrected chi connectivity index (χ4v) is 2.16. The zero-order valence-corrected chi connectivity index (χ0v) is 9.09. The van der Waals surface area contributed by atoms with Crippen molar-refractivity contribution in [2.24, 2.45) is 0 Å². The highest BCUT2D eigenvalue weighted by Gasteiger charge is 2.49. The third-order valence-corrected chi connectivity index (χ3v) is 3.26. The summed E-state index contributed by atoms with van der Waals surface area (Å²) < 4.78 is 13.6. The van der Waals surface area contributed by atoms with Crippen molar-refractivity contribution in [2.45, 2.75) is 24.7 Å². The Hall–Kier alpha value is -1.29. The van der Waals surface area contributed by atoms with E-state index in [2.05, 4.69) is 0 Å². The summed E-state index contributed by atoms with van der Waals surface area (Å²) in [6.07, 6.45) is 0.937. The first-order chi connectivity index (χ1) is 7.46. The van der Waals surface area contributed by atoms with Crippen LogP contribution in [-0.2, 0) is 10.2 Å². The van der Waals surface area contributed by atoms with Crippen LogP contribution in [0.2, 0.25) is 5.02 Å².